The van der Waals surface area contributed by atoms with Crippen LogP contribution in [-0.4, -0.2) is 33.7 Å². The minimum absolute atomic E-state index is 0.0404. The van der Waals surface area contributed by atoms with Crippen LogP contribution in [0.1, 0.15) is 26.7 Å². The van der Waals surface area contributed by atoms with E-state index in [1.54, 1.807) is 12.3 Å². The molecular weight excluding hydrogens is 222 g/mol. The summed E-state index contributed by atoms with van der Waals surface area (Å²) in [6.07, 6.45) is 2.31. The highest BCUT2D eigenvalue weighted by Gasteiger charge is 2.12. The first-order valence-electron chi connectivity index (χ1n) is 5.59. The maximum absolute atomic E-state index is 10.6. The molecule has 0 aliphatic heterocycles. The molecule has 0 fully saturated rings. The first-order chi connectivity index (χ1) is 8.15. The maximum atomic E-state index is 10.6. The van der Waals surface area contributed by atoms with E-state index in [1.165, 1.54) is 0 Å². The summed E-state index contributed by atoms with van der Waals surface area (Å²) in [7, 11) is 0. The van der Waals surface area contributed by atoms with Gasteiger partial charge in [0.25, 0.3) is 0 Å². The first kappa shape index (κ1) is 13.2. The van der Waals surface area contributed by atoms with Gasteiger partial charge < -0.3 is 15.2 Å². The van der Waals surface area contributed by atoms with E-state index in [9.17, 15) is 4.79 Å². The van der Waals surface area contributed by atoms with E-state index in [1.807, 2.05) is 13.8 Å². The van der Waals surface area contributed by atoms with E-state index in [0.29, 0.717) is 24.9 Å². The molecular formula is C11H17N3O3. The number of rotatable bonds is 7. The number of carboxylic acid groups (broad SMARTS) is 1. The van der Waals surface area contributed by atoms with E-state index in [2.05, 4.69) is 15.3 Å². The van der Waals surface area contributed by atoms with Gasteiger partial charge in [-0.1, -0.05) is 6.92 Å². The van der Waals surface area contributed by atoms with Gasteiger partial charge in [0.1, 0.15) is 0 Å². The Morgan fingerprint density at radius 1 is 1.59 bits per heavy atom. The van der Waals surface area contributed by atoms with Gasteiger partial charge in [-0.3, -0.25) is 4.79 Å². The topological polar surface area (TPSA) is 84.3 Å². The summed E-state index contributed by atoms with van der Waals surface area (Å²) in [6.45, 7) is 4.31. The van der Waals surface area contributed by atoms with E-state index < -0.39 is 5.97 Å². The molecule has 0 amide bonds. The predicted molar refractivity (Wildman–Crippen MR) is 63.2 cm³/mol. The zero-order valence-corrected chi connectivity index (χ0v) is 10.0. The molecule has 17 heavy (non-hydrogen) atoms. The summed E-state index contributed by atoms with van der Waals surface area (Å²) in [6, 6.07) is 1.48. The fraction of sp³-hybridized carbons (Fsp3) is 0.545. The molecule has 94 valence electrons. The van der Waals surface area contributed by atoms with Crippen molar-refractivity contribution in [2.45, 2.75) is 32.7 Å². The summed E-state index contributed by atoms with van der Waals surface area (Å²) >= 11 is 0. The quantitative estimate of drug-likeness (QED) is 0.750. The second-order valence-electron chi connectivity index (χ2n) is 3.50. The van der Waals surface area contributed by atoms with Crippen molar-refractivity contribution in [3.8, 4) is 5.88 Å². The number of carboxylic acids is 1. The monoisotopic (exact) mass is 239 g/mol. The van der Waals surface area contributed by atoms with Gasteiger partial charge in [-0.2, -0.15) is 4.98 Å². The Hall–Kier alpha value is -1.85. The summed E-state index contributed by atoms with van der Waals surface area (Å²) in [5.74, 6) is 0.0320. The molecule has 1 rings (SSSR count). The molecule has 1 atom stereocenters. The second kappa shape index (κ2) is 6.67. The highest BCUT2D eigenvalue weighted by atomic mass is 16.5. The minimum atomic E-state index is -0.842. The first-order valence-corrected chi connectivity index (χ1v) is 5.59. The van der Waals surface area contributed by atoms with Gasteiger partial charge in [0, 0.05) is 18.3 Å². The SMILES string of the molecule is CCOc1ccnc(NC(CC)CC(=O)O)n1. The molecule has 2 N–H and O–H groups in total. The van der Waals surface area contributed by atoms with Crippen molar-refractivity contribution < 1.29 is 14.6 Å². The van der Waals surface area contributed by atoms with Gasteiger partial charge in [0.15, 0.2) is 0 Å². The average Bonchev–Trinajstić information content (AvgIpc) is 2.28. The van der Waals surface area contributed by atoms with Crippen LogP contribution in [0.3, 0.4) is 0 Å². The van der Waals surface area contributed by atoms with Crippen LogP contribution in [0.4, 0.5) is 5.95 Å². The molecule has 1 aromatic rings. The molecule has 0 saturated carbocycles. The Morgan fingerprint density at radius 3 is 2.94 bits per heavy atom. The smallest absolute Gasteiger partial charge is 0.305 e. The summed E-state index contributed by atoms with van der Waals surface area (Å²) in [5, 5.41) is 11.7. The van der Waals surface area contributed by atoms with Crippen LogP contribution in [0.5, 0.6) is 5.88 Å². The number of hydrogen-bond acceptors (Lipinski definition) is 5. The van der Waals surface area contributed by atoms with Crippen LogP contribution in [0.2, 0.25) is 0 Å². The number of nitrogens with zero attached hydrogens (tertiary/aromatic N) is 2. The van der Waals surface area contributed by atoms with Crippen LogP contribution in [0.25, 0.3) is 0 Å². The van der Waals surface area contributed by atoms with E-state index in [0.717, 1.165) is 0 Å². The molecule has 0 saturated heterocycles. The maximum Gasteiger partial charge on any atom is 0.305 e. The summed E-state index contributed by atoms with van der Waals surface area (Å²) in [4.78, 5) is 18.8. The molecule has 0 spiro atoms. The second-order valence-corrected chi connectivity index (χ2v) is 3.50. The highest BCUT2D eigenvalue weighted by Crippen LogP contribution is 2.11. The van der Waals surface area contributed by atoms with Crippen molar-refractivity contribution in [1.29, 1.82) is 0 Å². The molecule has 0 aliphatic rings. The zero-order valence-electron chi connectivity index (χ0n) is 10.0. The van der Waals surface area contributed by atoms with Gasteiger partial charge >= 0.3 is 5.97 Å². The largest absolute Gasteiger partial charge is 0.481 e. The number of aliphatic carboxylic acids is 1. The van der Waals surface area contributed by atoms with E-state index in [4.69, 9.17) is 9.84 Å². The van der Waals surface area contributed by atoms with Gasteiger partial charge in [0.2, 0.25) is 11.8 Å². The third kappa shape index (κ3) is 4.67. The minimum Gasteiger partial charge on any atom is -0.481 e. The third-order valence-electron chi connectivity index (χ3n) is 2.17. The van der Waals surface area contributed by atoms with Crippen molar-refractivity contribution in [3.63, 3.8) is 0 Å². The molecule has 0 radical (unpaired) electrons. The van der Waals surface area contributed by atoms with E-state index >= 15 is 0 Å². The molecule has 0 aromatic carbocycles. The molecule has 1 heterocycles. The lowest BCUT2D eigenvalue weighted by Gasteiger charge is -2.14. The van der Waals surface area contributed by atoms with Crippen molar-refractivity contribution in [2.75, 3.05) is 11.9 Å². The van der Waals surface area contributed by atoms with Crippen LogP contribution in [0, 0.1) is 0 Å². The summed E-state index contributed by atoms with van der Waals surface area (Å²) in [5.41, 5.74) is 0. The van der Waals surface area contributed by atoms with Crippen LogP contribution >= 0.6 is 0 Å². The van der Waals surface area contributed by atoms with Crippen LogP contribution in [-0.2, 0) is 4.79 Å². The number of carbonyl (C=O) groups is 1. The molecule has 1 aromatic heterocycles. The fourth-order valence-electron chi connectivity index (χ4n) is 1.33. The third-order valence-corrected chi connectivity index (χ3v) is 2.17. The molecule has 1 unspecified atom stereocenters. The fourth-order valence-corrected chi connectivity index (χ4v) is 1.33. The zero-order chi connectivity index (χ0) is 12.7. The van der Waals surface area contributed by atoms with E-state index in [-0.39, 0.29) is 12.5 Å². The van der Waals surface area contributed by atoms with Gasteiger partial charge in [0.05, 0.1) is 13.0 Å². The van der Waals surface area contributed by atoms with Crippen molar-refractivity contribution in [1.82, 2.24) is 9.97 Å². The summed E-state index contributed by atoms with van der Waals surface area (Å²) < 4.78 is 5.24. The Kier molecular flexibility index (Phi) is 5.19. The van der Waals surface area contributed by atoms with Gasteiger partial charge in [-0.05, 0) is 13.3 Å². The molecule has 6 nitrogen and oxygen atoms in total. The Morgan fingerprint density at radius 2 is 2.35 bits per heavy atom. The lowest BCUT2D eigenvalue weighted by atomic mass is 10.1. The van der Waals surface area contributed by atoms with Gasteiger partial charge in [-0.25, -0.2) is 4.98 Å². The van der Waals surface area contributed by atoms with Crippen molar-refractivity contribution in [2.24, 2.45) is 0 Å². The number of ether oxygens (including phenoxy) is 1. The Labute approximate surface area is 100 Å². The van der Waals surface area contributed by atoms with Crippen molar-refractivity contribution >= 4 is 11.9 Å². The number of aromatic nitrogens is 2. The van der Waals surface area contributed by atoms with Gasteiger partial charge in [-0.15, -0.1) is 0 Å². The Balaban J connectivity index is 2.65. The standard InChI is InChI=1S/C11H17N3O3/c1-3-8(7-10(15)16)13-11-12-6-5-9(14-11)17-4-2/h5-6,8H,3-4,7H2,1-2H3,(H,15,16)(H,12,13,14). The normalized spacial score (nSPS) is 11.9. The van der Waals surface area contributed by atoms with Crippen LogP contribution in [0.15, 0.2) is 12.3 Å². The lowest BCUT2D eigenvalue weighted by molar-refractivity contribution is -0.137. The highest BCUT2D eigenvalue weighted by molar-refractivity contribution is 5.68. The predicted octanol–water partition coefficient (Wildman–Crippen LogP) is 1.54. The molecule has 0 bridgehead atoms. The average molecular weight is 239 g/mol. The number of nitrogens with one attached hydrogen (secondary N) is 1. The Bertz CT molecular complexity index is 371. The molecule has 0 aliphatic carbocycles. The number of hydrogen-bond donors (Lipinski definition) is 2. The molecule has 6 heteroatoms. The lowest BCUT2D eigenvalue weighted by Crippen LogP contribution is -2.23. The number of anilines is 1. The van der Waals surface area contributed by atoms with Crippen molar-refractivity contribution in [3.05, 3.63) is 12.3 Å². The van der Waals surface area contributed by atoms with Crippen LogP contribution < -0.4 is 10.1 Å².